The summed E-state index contributed by atoms with van der Waals surface area (Å²) in [5, 5.41) is 8.41. The molecule has 0 atom stereocenters. The fourth-order valence-electron chi connectivity index (χ4n) is 1.14. The maximum absolute atomic E-state index is 13.1. The molecule has 0 saturated heterocycles. The number of aromatic nitrogens is 1. The van der Waals surface area contributed by atoms with Gasteiger partial charge >= 0.3 is 12.3 Å². The standard InChI is InChI=1S/C9H6F5NO3/c10-3-5-6(18-9(12,13)14)1-4(2-7(16)17)8(11)15-5/h1H,2-3H2,(H,16,17). The summed E-state index contributed by atoms with van der Waals surface area (Å²) in [6.07, 6.45) is -6.00. The molecule has 0 unspecified atom stereocenters. The summed E-state index contributed by atoms with van der Waals surface area (Å²) in [7, 11) is 0. The summed E-state index contributed by atoms with van der Waals surface area (Å²) in [6.45, 7) is -1.48. The minimum atomic E-state index is -5.11. The van der Waals surface area contributed by atoms with E-state index in [0.29, 0.717) is 6.07 Å². The SMILES string of the molecule is O=C(O)Cc1cc(OC(F)(F)F)c(CF)nc1F. The van der Waals surface area contributed by atoms with Crippen LogP contribution in [0, 0.1) is 5.95 Å². The van der Waals surface area contributed by atoms with Crippen LogP contribution in [0.15, 0.2) is 6.07 Å². The number of aliphatic carboxylic acids is 1. The normalized spacial score (nSPS) is 11.4. The Morgan fingerprint density at radius 2 is 2.06 bits per heavy atom. The van der Waals surface area contributed by atoms with E-state index in [4.69, 9.17) is 5.11 Å². The Morgan fingerprint density at radius 3 is 2.50 bits per heavy atom. The van der Waals surface area contributed by atoms with E-state index in [0.717, 1.165) is 0 Å². The first-order valence-corrected chi connectivity index (χ1v) is 4.44. The van der Waals surface area contributed by atoms with Crippen LogP contribution in [0.2, 0.25) is 0 Å². The quantitative estimate of drug-likeness (QED) is 0.673. The molecule has 0 bridgehead atoms. The number of nitrogens with zero attached hydrogens (tertiary/aromatic N) is 1. The third-order valence-corrected chi connectivity index (χ3v) is 1.78. The lowest BCUT2D eigenvalue weighted by Crippen LogP contribution is -2.19. The third kappa shape index (κ3) is 3.82. The van der Waals surface area contributed by atoms with E-state index in [2.05, 4.69) is 9.72 Å². The number of carbonyl (C=O) groups is 1. The second kappa shape index (κ2) is 5.15. The highest BCUT2D eigenvalue weighted by molar-refractivity contribution is 5.70. The molecule has 18 heavy (non-hydrogen) atoms. The molecule has 0 amide bonds. The van der Waals surface area contributed by atoms with Crippen molar-refractivity contribution in [1.82, 2.24) is 4.98 Å². The number of rotatable bonds is 4. The van der Waals surface area contributed by atoms with Gasteiger partial charge in [-0.3, -0.25) is 4.79 Å². The van der Waals surface area contributed by atoms with Gasteiger partial charge in [-0.05, 0) is 6.07 Å². The highest BCUT2D eigenvalue weighted by atomic mass is 19.4. The van der Waals surface area contributed by atoms with Crippen LogP contribution in [0.25, 0.3) is 0 Å². The predicted molar refractivity (Wildman–Crippen MR) is 47.0 cm³/mol. The van der Waals surface area contributed by atoms with Gasteiger partial charge in [0.25, 0.3) is 0 Å². The van der Waals surface area contributed by atoms with E-state index in [-0.39, 0.29) is 0 Å². The number of halogens is 5. The van der Waals surface area contributed by atoms with Crippen molar-refractivity contribution in [2.24, 2.45) is 0 Å². The topological polar surface area (TPSA) is 59.4 Å². The average Bonchev–Trinajstić information content (AvgIpc) is 2.19. The number of hydrogen-bond acceptors (Lipinski definition) is 3. The lowest BCUT2D eigenvalue weighted by Gasteiger charge is -2.12. The molecule has 0 spiro atoms. The van der Waals surface area contributed by atoms with Crippen molar-refractivity contribution < 1.29 is 36.6 Å². The first kappa shape index (κ1) is 14.1. The van der Waals surface area contributed by atoms with Crippen LogP contribution in [-0.4, -0.2) is 22.4 Å². The average molecular weight is 271 g/mol. The van der Waals surface area contributed by atoms with E-state index in [1.165, 1.54) is 0 Å². The maximum atomic E-state index is 13.1. The van der Waals surface area contributed by atoms with Gasteiger partial charge in [-0.25, -0.2) is 9.37 Å². The molecule has 1 rings (SSSR count). The van der Waals surface area contributed by atoms with Gasteiger partial charge < -0.3 is 9.84 Å². The Bertz CT molecular complexity index is 460. The lowest BCUT2D eigenvalue weighted by molar-refractivity contribution is -0.275. The largest absolute Gasteiger partial charge is 0.573 e. The third-order valence-electron chi connectivity index (χ3n) is 1.78. The van der Waals surface area contributed by atoms with Crippen LogP contribution in [0.3, 0.4) is 0 Å². The molecule has 1 aromatic heterocycles. The summed E-state index contributed by atoms with van der Waals surface area (Å²) in [4.78, 5) is 13.2. The maximum Gasteiger partial charge on any atom is 0.573 e. The number of hydrogen-bond donors (Lipinski definition) is 1. The van der Waals surface area contributed by atoms with Crippen molar-refractivity contribution in [1.29, 1.82) is 0 Å². The Balaban J connectivity index is 3.17. The zero-order chi connectivity index (χ0) is 13.9. The fraction of sp³-hybridized carbons (Fsp3) is 0.333. The van der Waals surface area contributed by atoms with E-state index in [9.17, 15) is 26.7 Å². The fourth-order valence-corrected chi connectivity index (χ4v) is 1.14. The molecule has 0 radical (unpaired) electrons. The van der Waals surface area contributed by atoms with Gasteiger partial charge in [0.1, 0.15) is 12.4 Å². The molecule has 100 valence electrons. The molecule has 1 N–H and O–H groups in total. The molecule has 0 aliphatic rings. The monoisotopic (exact) mass is 271 g/mol. The molecular weight excluding hydrogens is 265 g/mol. The van der Waals surface area contributed by atoms with E-state index >= 15 is 0 Å². The summed E-state index contributed by atoms with van der Waals surface area (Å²) in [6, 6.07) is 0.471. The molecule has 9 heteroatoms. The van der Waals surface area contributed by atoms with Crippen molar-refractivity contribution in [3.05, 3.63) is 23.3 Å². The highest BCUT2D eigenvalue weighted by Gasteiger charge is 2.33. The summed E-state index contributed by atoms with van der Waals surface area (Å²) >= 11 is 0. The molecule has 0 fully saturated rings. The molecule has 1 heterocycles. The van der Waals surface area contributed by atoms with Crippen molar-refractivity contribution in [3.8, 4) is 5.75 Å². The Morgan fingerprint density at radius 1 is 1.44 bits per heavy atom. The van der Waals surface area contributed by atoms with Crippen LogP contribution < -0.4 is 4.74 Å². The second-order valence-electron chi connectivity index (χ2n) is 3.14. The number of alkyl halides is 4. The predicted octanol–water partition coefficient (Wildman–Crippen LogP) is 2.22. The minimum absolute atomic E-state index is 0.471. The first-order chi connectivity index (χ1) is 8.23. The van der Waals surface area contributed by atoms with Crippen molar-refractivity contribution in [2.45, 2.75) is 19.5 Å². The first-order valence-electron chi connectivity index (χ1n) is 4.44. The van der Waals surface area contributed by atoms with Crippen molar-refractivity contribution >= 4 is 5.97 Å². The molecule has 0 aliphatic carbocycles. The summed E-state index contributed by atoms with van der Waals surface area (Å²) < 4.78 is 64.8. The number of carboxylic acid groups (broad SMARTS) is 1. The van der Waals surface area contributed by atoms with Gasteiger partial charge in [0.15, 0.2) is 5.75 Å². The van der Waals surface area contributed by atoms with E-state index < -0.39 is 48.4 Å². The molecule has 0 saturated carbocycles. The van der Waals surface area contributed by atoms with Crippen LogP contribution >= 0.6 is 0 Å². The Labute approximate surface area is 97.0 Å². The zero-order valence-electron chi connectivity index (χ0n) is 8.59. The molecule has 0 aliphatic heterocycles. The Kier molecular flexibility index (Phi) is 4.04. The van der Waals surface area contributed by atoms with Crippen LogP contribution in [0.4, 0.5) is 22.0 Å². The lowest BCUT2D eigenvalue weighted by atomic mass is 10.2. The number of ether oxygens (including phenoxy) is 1. The second-order valence-corrected chi connectivity index (χ2v) is 3.14. The summed E-state index contributed by atoms with van der Waals surface area (Å²) in [5.41, 5.74) is -1.52. The smallest absolute Gasteiger partial charge is 0.481 e. The van der Waals surface area contributed by atoms with Crippen LogP contribution in [0.1, 0.15) is 11.3 Å². The zero-order valence-corrected chi connectivity index (χ0v) is 8.59. The molecule has 1 aromatic rings. The number of carboxylic acids is 1. The van der Waals surface area contributed by atoms with Gasteiger partial charge in [-0.15, -0.1) is 13.2 Å². The Hall–Kier alpha value is -1.93. The van der Waals surface area contributed by atoms with Gasteiger partial charge in [0.2, 0.25) is 5.95 Å². The van der Waals surface area contributed by atoms with Crippen LogP contribution in [-0.2, 0) is 17.9 Å². The van der Waals surface area contributed by atoms with E-state index in [1.54, 1.807) is 0 Å². The number of pyridine rings is 1. The highest BCUT2D eigenvalue weighted by Crippen LogP contribution is 2.28. The van der Waals surface area contributed by atoms with E-state index in [1.807, 2.05) is 0 Å². The van der Waals surface area contributed by atoms with Crippen molar-refractivity contribution in [2.75, 3.05) is 0 Å². The molecule has 0 aromatic carbocycles. The van der Waals surface area contributed by atoms with Gasteiger partial charge in [0, 0.05) is 5.56 Å². The van der Waals surface area contributed by atoms with Crippen LogP contribution in [0.5, 0.6) is 5.75 Å². The molecule has 4 nitrogen and oxygen atoms in total. The van der Waals surface area contributed by atoms with Gasteiger partial charge in [-0.1, -0.05) is 0 Å². The summed E-state index contributed by atoms with van der Waals surface area (Å²) in [5.74, 6) is -3.87. The molecular formula is C9H6F5NO3. The van der Waals surface area contributed by atoms with Gasteiger partial charge in [0.05, 0.1) is 6.42 Å². The van der Waals surface area contributed by atoms with Crippen molar-refractivity contribution in [3.63, 3.8) is 0 Å². The minimum Gasteiger partial charge on any atom is -0.481 e. The van der Waals surface area contributed by atoms with Gasteiger partial charge in [-0.2, -0.15) is 4.39 Å².